The summed E-state index contributed by atoms with van der Waals surface area (Å²) in [6, 6.07) is 5.22. The van der Waals surface area contributed by atoms with Crippen LogP contribution in [-0.2, 0) is 4.79 Å². The molecule has 0 heterocycles. The quantitative estimate of drug-likeness (QED) is 0.812. The van der Waals surface area contributed by atoms with E-state index >= 15 is 0 Å². The van der Waals surface area contributed by atoms with Gasteiger partial charge in [0, 0.05) is 27.2 Å². The van der Waals surface area contributed by atoms with E-state index in [1.807, 2.05) is 20.8 Å². The Morgan fingerprint density at radius 1 is 1.24 bits per heavy atom. The number of carbonyl (C=O) groups is 1. The fourth-order valence-corrected chi connectivity index (χ4v) is 1.76. The smallest absolute Gasteiger partial charge is 0.244 e. The van der Waals surface area contributed by atoms with E-state index in [4.69, 9.17) is 23.2 Å². The van der Waals surface area contributed by atoms with Crippen molar-refractivity contribution in [1.29, 1.82) is 0 Å². The molecule has 0 aliphatic heterocycles. The van der Waals surface area contributed by atoms with Crippen molar-refractivity contribution in [3.8, 4) is 0 Å². The van der Waals surface area contributed by atoms with Crippen molar-refractivity contribution in [2.45, 2.75) is 26.3 Å². The summed E-state index contributed by atoms with van der Waals surface area (Å²) in [5.41, 5.74) is 0.394. The van der Waals surface area contributed by atoms with E-state index in [0.717, 1.165) is 0 Å². The lowest BCUT2D eigenvalue weighted by atomic mass is 10.1. The van der Waals surface area contributed by atoms with Crippen molar-refractivity contribution in [1.82, 2.24) is 5.32 Å². The summed E-state index contributed by atoms with van der Waals surface area (Å²) < 4.78 is 0. The molecule has 0 radical (unpaired) electrons. The first-order chi connectivity index (χ1) is 7.79. The van der Waals surface area contributed by atoms with Gasteiger partial charge in [-0.05, 0) is 39.0 Å². The van der Waals surface area contributed by atoms with Gasteiger partial charge in [-0.2, -0.15) is 0 Å². The van der Waals surface area contributed by atoms with Crippen LogP contribution in [0.4, 0.5) is 0 Å². The third-order valence-corrected chi connectivity index (χ3v) is 2.56. The standard InChI is InChI=1S/C13H15Cl2NO/c1-13(2,3)16-12(17)8-7-9-10(14)5-4-6-11(9)15/h4-8H,1-3H3,(H,16,17)/b8-7+. The molecule has 0 saturated heterocycles. The van der Waals surface area contributed by atoms with E-state index in [9.17, 15) is 4.79 Å². The Kier molecular flexibility index (Phi) is 4.61. The summed E-state index contributed by atoms with van der Waals surface area (Å²) >= 11 is 12.0. The van der Waals surface area contributed by atoms with Gasteiger partial charge in [-0.1, -0.05) is 29.3 Å². The first-order valence-corrected chi connectivity index (χ1v) is 5.99. The Bertz CT molecular complexity index is 427. The van der Waals surface area contributed by atoms with Gasteiger partial charge in [0.2, 0.25) is 5.91 Å². The third kappa shape index (κ3) is 4.80. The monoisotopic (exact) mass is 271 g/mol. The highest BCUT2D eigenvalue weighted by Gasteiger charge is 2.11. The number of carbonyl (C=O) groups excluding carboxylic acids is 1. The first-order valence-electron chi connectivity index (χ1n) is 5.24. The van der Waals surface area contributed by atoms with Crippen molar-refractivity contribution in [3.63, 3.8) is 0 Å². The zero-order chi connectivity index (χ0) is 13.1. The van der Waals surface area contributed by atoms with Gasteiger partial charge >= 0.3 is 0 Å². The Balaban J connectivity index is 2.81. The molecule has 92 valence electrons. The minimum atomic E-state index is -0.258. The largest absolute Gasteiger partial charge is 0.348 e. The fourth-order valence-electron chi connectivity index (χ4n) is 1.24. The summed E-state index contributed by atoms with van der Waals surface area (Å²) in [6.07, 6.45) is 3.05. The van der Waals surface area contributed by atoms with Gasteiger partial charge in [-0.3, -0.25) is 4.79 Å². The molecule has 0 aliphatic rings. The molecule has 1 aromatic carbocycles. The first kappa shape index (κ1) is 14.1. The Morgan fingerprint density at radius 2 is 1.76 bits per heavy atom. The lowest BCUT2D eigenvalue weighted by molar-refractivity contribution is -0.117. The molecule has 0 bridgehead atoms. The van der Waals surface area contributed by atoms with Crippen LogP contribution in [0.15, 0.2) is 24.3 Å². The number of hydrogen-bond acceptors (Lipinski definition) is 1. The molecule has 1 N–H and O–H groups in total. The number of halogens is 2. The molecule has 0 aliphatic carbocycles. The van der Waals surface area contributed by atoms with E-state index in [1.165, 1.54) is 6.08 Å². The summed E-state index contributed by atoms with van der Waals surface area (Å²) in [5, 5.41) is 3.87. The number of amides is 1. The maximum absolute atomic E-state index is 11.6. The maximum Gasteiger partial charge on any atom is 0.244 e. The second-order valence-corrected chi connectivity index (χ2v) is 5.52. The fraction of sp³-hybridized carbons (Fsp3) is 0.308. The zero-order valence-corrected chi connectivity index (χ0v) is 11.6. The van der Waals surface area contributed by atoms with Gasteiger partial charge in [0.15, 0.2) is 0 Å². The van der Waals surface area contributed by atoms with E-state index in [0.29, 0.717) is 15.6 Å². The van der Waals surface area contributed by atoms with Crippen LogP contribution in [0.3, 0.4) is 0 Å². The van der Waals surface area contributed by atoms with Crippen LogP contribution in [0.5, 0.6) is 0 Å². The van der Waals surface area contributed by atoms with Gasteiger partial charge in [0.1, 0.15) is 0 Å². The molecule has 0 aromatic heterocycles. The Hall–Kier alpha value is -0.990. The van der Waals surface area contributed by atoms with Crippen molar-refractivity contribution < 1.29 is 4.79 Å². The lowest BCUT2D eigenvalue weighted by Gasteiger charge is -2.19. The highest BCUT2D eigenvalue weighted by molar-refractivity contribution is 6.37. The molecule has 4 heteroatoms. The van der Waals surface area contributed by atoms with E-state index in [2.05, 4.69) is 5.32 Å². The molecule has 0 unspecified atom stereocenters. The number of rotatable bonds is 2. The van der Waals surface area contributed by atoms with Crippen LogP contribution in [0.25, 0.3) is 6.08 Å². The second kappa shape index (κ2) is 5.56. The van der Waals surface area contributed by atoms with Crippen LogP contribution in [0.2, 0.25) is 10.0 Å². The van der Waals surface area contributed by atoms with E-state index in [-0.39, 0.29) is 11.4 Å². The minimum absolute atomic E-state index is 0.173. The second-order valence-electron chi connectivity index (χ2n) is 4.71. The predicted octanol–water partition coefficient (Wildman–Crippen LogP) is 3.92. The van der Waals surface area contributed by atoms with Gasteiger partial charge < -0.3 is 5.32 Å². The number of nitrogens with one attached hydrogen (secondary N) is 1. The Morgan fingerprint density at radius 3 is 2.24 bits per heavy atom. The van der Waals surface area contributed by atoms with E-state index in [1.54, 1.807) is 24.3 Å². The Labute approximate surface area is 112 Å². The zero-order valence-electron chi connectivity index (χ0n) is 10.1. The molecule has 0 atom stereocenters. The highest BCUT2D eigenvalue weighted by Crippen LogP contribution is 2.25. The van der Waals surface area contributed by atoms with Crippen molar-refractivity contribution in [3.05, 3.63) is 39.9 Å². The maximum atomic E-state index is 11.6. The SMILES string of the molecule is CC(C)(C)NC(=O)/C=C/c1c(Cl)cccc1Cl. The molecule has 0 spiro atoms. The van der Waals surface area contributed by atoms with Crippen LogP contribution in [0.1, 0.15) is 26.3 Å². The van der Waals surface area contributed by atoms with Crippen LogP contribution < -0.4 is 5.32 Å². The van der Waals surface area contributed by atoms with Gasteiger partial charge in [0.25, 0.3) is 0 Å². The minimum Gasteiger partial charge on any atom is -0.348 e. The molecule has 1 aromatic rings. The molecule has 1 amide bonds. The van der Waals surface area contributed by atoms with Crippen molar-refractivity contribution in [2.75, 3.05) is 0 Å². The normalized spacial score (nSPS) is 11.8. The molecule has 0 fully saturated rings. The van der Waals surface area contributed by atoms with E-state index < -0.39 is 0 Å². The molecule has 17 heavy (non-hydrogen) atoms. The average molecular weight is 272 g/mol. The molecular weight excluding hydrogens is 257 g/mol. The third-order valence-electron chi connectivity index (χ3n) is 1.90. The molecule has 1 rings (SSSR count). The summed E-state index contributed by atoms with van der Waals surface area (Å²) in [6.45, 7) is 5.75. The summed E-state index contributed by atoms with van der Waals surface area (Å²) in [5.74, 6) is -0.173. The predicted molar refractivity (Wildman–Crippen MR) is 73.4 cm³/mol. The van der Waals surface area contributed by atoms with Crippen LogP contribution >= 0.6 is 23.2 Å². The summed E-state index contributed by atoms with van der Waals surface area (Å²) in [7, 11) is 0. The topological polar surface area (TPSA) is 29.1 Å². The van der Waals surface area contributed by atoms with Crippen molar-refractivity contribution in [2.24, 2.45) is 0 Å². The lowest BCUT2D eigenvalue weighted by Crippen LogP contribution is -2.39. The molecular formula is C13H15Cl2NO. The van der Waals surface area contributed by atoms with Gasteiger partial charge in [0.05, 0.1) is 0 Å². The molecule has 2 nitrogen and oxygen atoms in total. The number of hydrogen-bond donors (Lipinski definition) is 1. The average Bonchev–Trinajstić information content (AvgIpc) is 2.14. The molecule has 0 saturated carbocycles. The van der Waals surface area contributed by atoms with Crippen LogP contribution in [0, 0.1) is 0 Å². The number of benzene rings is 1. The summed E-state index contributed by atoms with van der Waals surface area (Å²) in [4.78, 5) is 11.6. The van der Waals surface area contributed by atoms with Crippen LogP contribution in [-0.4, -0.2) is 11.4 Å². The van der Waals surface area contributed by atoms with Gasteiger partial charge in [-0.25, -0.2) is 0 Å². The highest BCUT2D eigenvalue weighted by atomic mass is 35.5. The van der Waals surface area contributed by atoms with Crippen molar-refractivity contribution >= 4 is 35.2 Å². The van der Waals surface area contributed by atoms with Gasteiger partial charge in [-0.15, -0.1) is 0 Å².